The van der Waals surface area contributed by atoms with E-state index in [9.17, 15) is 37.9 Å². The third-order valence-corrected chi connectivity index (χ3v) is 8.78. The summed E-state index contributed by atoms with van der Waals surface area (Å²) in [6, 6.07) is 10.6. The number of aliphatic hydroxyl groups is 1. The second-order valence-corrected chi connectivity index (χ2v) is 13.9. The normalized spacial score (nSPS) is 14.1. The maximum absolute atomic E-state index is 14.9. The van der Waals surface area contributed by atoms with Crippen LogP contribution in [0.5, 0.6) is 0 Å². The van der Waals surface area contributed by atoms with E-state index in [0.717, 1.165) is 28.7 Å². The summed E-state index contributed by atoms with van der Waals surface area (Å²) in [5.41, 5.74) is 7.36. The molecule has 2 heterocycles. The van der Waals surface area contributed by atoms with Gasteiger partial charge in [-0.15, -0.1) is 0 Å². The topological polar surface area (TPSA) is 168 Å². The minimum atomic E-state index is -1.10. The van der Waals surface area contributed by atoms with Gasteiger partial charge in [-0.05, 0) is 42.4 Å². The van der Waals surface area contributed by atoms with Crippen molar-refractivity contribution >= 4 is 29.4 Å². The zero-order valence-corrected chi connectivity index (χ0v) is 29.7. The Labute approximate surface area is 301 Å². The molecule has 4 rings (SSSR count). The van der Waals surface area contributed by atoms with E-state index in [1.165, 1.54) is 21.7 Å². The quantitative estimate of drug-likeness (QED) is 0.133. The lowest BCUT2D eigenvalue weighted by molar-refractivity contribution is -0.140. The van der Waals surface area contributed by atoms with Gasteiger partial charge in [0.05, 0.1) is 24.3 Å². The van der Waals surface area contributed by atoms with E-state index < -0.39 is 47.6 Å². The Morgan fingerprint density at radius 2 is 1.69 bits per heavy atom. The van der Waals surface area contributed by atoms with Gasteiger partial charge in [-0.1, -0.05) is 57.5 Å². The van der Waals surface area contributed by atoms with Crippen LogP contribution in [0.3, 0.4) is 0 Å². The van der Waals surface area contributed by atoms with Gasteiger partial charge in [0.15, 0.2) is 5.78 Å². The smallest absolute Gasteiger partial charge is 0.253 e. The van der Waals surface area contributed by atoms with Crippen molar-refractivity contribution in [2.24, 2.45) is 11.1 Å². The molecule has 4 N–H and O–H groups in total. The first kappa shape index (κ1) is 39.7. The monoisotopic (exact) mass is 720 g/mol. The van der Waals surface area contributed by atoms with Crippen molar-refractivity contribution in [2.75, 3.05) is 26.2 Å². The lowest BCUT2D eigenvalue weighted by Crippen LogP contribution is -2.48. The number of unbranched alkanes of at least 4 members (excludes halogenated alkanes) is 2. The van der Waals surface area contributed by atoms with Gasteiger partial charge in [-0.25, -0.2) is 13.5 Å². The highest BCUT2D eigenvalue weighted by molar-refractivity contribution is 6.12. The number of Topliss-reactive ketones (excluding diaryl/α,β-unsaturated/α-hetero) is 1. The second-order valence-electron chi connectivity index (χ2n) is 13.9. The Morgan fingerprint density at radius 1 is 1.00 bits per heavy atom. The molecule has 1 aliphatic heterocycles. The van der Waals surface area contributed by atoms with E-state index >= 15 is 0 Å². The van der Waals surface area contributed by atoms with E-state index in [-0.39, 0.29) is 55.8 Å². The highest BCUT2D eigenvalue weighted by Gasteiger charge is 2.38. The zero-order chi connectivity index (χ0) is 38.0. The van der Waals surface area contributed by atoms with Crippen LogP contribution in [0.25, 0.3) is 5.69 Å². The van der Waals surface area contributed by atoms with Crippen LogP contribution >= 0.6 is 0 Å². The Balaban J connectivity index is 1.44. The number of amides is 4. The number of carbonyl (C=O) groups excluding carboxylic acids is 5. The molecule has 4 amide bonds. The molecule has 0 spiro atoms. The second kappa shape index (κ2) is 17.9. The van der Waals surface area contributed by atoms with E-state index in [4.69, 9.17) is 10.8 Å². The maximum atomic E-state index is 14.9. The molecule has 1 aliphatic rings. The Morgan fingerprint density at radius 3 is 2.35 bits per heavy atom. The number of hydrogen-bond donors (Lipinski definition) is 3. The maximum Gasteiger partial charge on any atom is 0.253 e. The van der Waals surface area contributed by atoms with Crippen LogP contribution in [0.4, 0.5) is 8.78 Å². The molecule has 0 radical (unpaired) electrons. The van der Waals surface area contributed by atoms with E-state index in [1.54, 1.807) is 6.20 Å². The first-order valence-corrected chi connectivity index (χ1v) is 17.3. The predicted octanol–water partition coefficient (Wildman–Crippen LogP) is 3.54. The minimum absolute atomic E-state index is 0.0195. The average Bonchev–Trinajstić information content (AvgIpc) is 3.66. The first-order valence-electron chi connectivity index (χ1n) is 17.3. The van der Waals surface area contributed by atoms with Crippen LogP contribution in [0.1, 0.15) is 75.7 Å². The number of halogens is 2. The number of aliphatic hydroxyl groups excluding tert-OH is 1. The molecular formula is C38H46F2N6O6. The Kier molecular flexibility index (Phi) is 13.7. The largest absolute Gasteiger partial charge is 0.387 e. The summed E-state index contributed by atoms with van der Waals surface area (Å²) >= 11 is 0. The van der Waals surface area contributed by atoms with Crippen LogP contribution in [0, 0.1) is 17.0 Å². The summed E-state index contributed by atoms with van der Waals surface area (Å²) in [4.78, 5) is 64.5. The number of aromatic nitrogens is 2. The van der Waals surface area contributed by atoms with Gasteiger partial charge in [0.2, 0.25) is 11.8 Å². The molecule has 14 heteroatoms. The van der Waals surface area contributed by atoms with E-state index in [2.05, 4.69) is 5.32 Å². The molecule has 2 atom stereocenters. The molecule has 52 heavy (non-hydrogen) atoms. The molecule has 0 fully saturated rings. The summed E-state index contributed by atoms with van der Waals surface area (Å²) in [5, 5.41) is 17.3. The minimum Gasteiger partial charge on any atom is -0.387 e. The van der Waals surface area contributed by atoms with Gasteiger partial charge in [0, 0.05) is 55.9 Å². The summed E-state index contributed by atoms with van der Waals surface area (Å²) in [5.74, 6) is -3.49. The molecule has 0 bridgehead atoms. The number of carbonyl (C=O) groups is 5. The number of nitrogens with zero attached hydrogens (tertiary/aromatic N) is 4. The molecule has 2 aromatic carbocycles. The molecule has 0 aliphatic carbocycles. The van der Waals surface area contributed by atoms with Crippen LogP contribution < -0.4 is 11.1 Å². The van der Waals surface area contributed by atoms with Gasteiger partial charge in [0.25, 0.3) is 11.8 Å². The fourth-order valence-electron chi connectivity index (χ4n) is 6.14. The number of nitrogens with two attached hydrogens (primary N) is 1. The van der Waals surface area contributed by atoms with Crippen molar-refractivity contribution in [3.63, 3.8) is 0 Å². The molecule has 0 unspecified atom stereocenters. The SMILES string of the molecule is CC(C)(C)[C@H](c1nn(-c2cc(F)ccc2F)cc1Cc1ccccc1)N(CC[C@H](N)C(=O)NCC(=O)CCCCCN1C(=O)C=CC1=O)C(=O)CO. The first-order chi connectivity index (χ1) is 24.7. The fraction of sp³-hybridized carbons (Fsp3) is 0.421. The van der Waals surface area contributed by atoms with Gasteiger partial charge in [0.1, 0.15) is 23.9 Å². The number of nitrogens with one attached hydrogen (secondary N) is 1. The molecule has 0 saturated heterocycles. The summed E-state index contributed by atoms with van der Waals surface area (Å²) in [6.45, 7) is 4.78. The van der Waals surface area contributed by atoms with Crippen molar-refractivity contribution in [2.45, 2.75) is 71.4 Å². The zero-order valence-electron chi connectivity index (χ0n) is 29.7. The van der Waals surface area contributed by atoms with Crippen LogP contribution in [0.15, 0.2) is 66.9 Å². The fourth-order valence-corrected chi connectivity index (χ4v) is 6.14. The highest BCUT2D eigenvalue weighted by Crippen LogP contribution is 2.40. The third-order valence-electron chi connectivity index (χ3n) is 8.78. The molecule has 12 nitrogen and oxygen atoms in total. The van der Waals surface area contributed by atoms with E-state index in [1.807, 2.05) is 51.1 Å². The molecule has 1 aromatic heterocycles. The Bertz CT molecular complexity index is 1770. The third kappa shape index (κ3) is 10.5. The van der Waals surface area contributed by atoms with Gasteiger partial charge < -0.3 is 21.1 Å². The van der Waals surface area contributed by atoms with Gasteiger partial charge in [-0.3, -0.25) is 28.9 Å². The van der Waals surface area contributed by atoms with Gasteiger partial charge >= 0.3 is 0 Å². The molecule has 0 saturated carbocycles. The number of hydrogen-bond acceptors (Lipinski definition) is 8. The average molecular weight is 721 g/mol. The van der Waals surface area contributed by atoms with Crippen LogP contribution in [-0.2, 0) is 30.4 Å². The van der Waals surface area contributed by atoms with Crippen molar-refractivity contribution in [3.8, 4) is 5.69 Å². The number of benzene rings is 2. The molecule has 278 valence electrons. The lowest BCUT2D eigenvalue weighted by Gasteiger charge is -2.40. The highest BCUT2D eigenvalue weighted by atomic mass is 19.1. The van der Waals surface area contributed by atoms with Crippen molar-refractivity contribution in [1.29, 1.82) is 0 Å². The summed E-state index contributed by atoms with van der Waals surface area (Å²) in [7, 11) is 0. The van der Waals surface area contributed by atoms with Crippen molar-refractivity contribution < 1.29 is 37.9 Å². The van der Waals surface area contributed by atoms with Crippen molar-refractivity contribution in [1.82, 2.24) is 24.9 Å². The molecule has 3 aromatic rings. The number of ketones is 1. The lowest BCUT2D eigenvalue weighted by atomic mass is 9.81. The van der Waals surface area contributed by atoms with Gasteiger partial charge in [-0.2, -0.15) is 5.10 Å². The number of rotatable bonds is 18. The molecular weight excluding hydrogens is 674 g/mol. The summed E-state index contributed by atoms with van der Waals surface area (Å²) in [6.07, 6.45) is 6.26. The van der Waals surface area contributed by atoms with Crippen LogP contribution in [-0.4, -0.2) is 86.4 Å². The van der Waals surface area contributed by atoms with Crippen LogP contribution in [0.2, 0.25) is 0 Å². The van der Waals surface area contributed by atoms with E-state index in [0.29, 0.717) is 36.9 Å². The number of imide groups is 1. The Hall–Kier alpha value is -5.08. The standard InChI is InChI=1S/C38H46F2N6O6/c1-38(2,3)36(35-26(20-25-10-6-4-7-11-25)23-46(43-35)31-21-27(39)13-14-29(31)40)45(34(51)24-47)19-17-30(41)37(52)42-22-28(48)12-8-5-9-18-44-32(49)15-16-33(44)50/h4,6-7,10-11,13-16,21,23,30,36,47H,5,8-9,12,17-20,22,24,41H2,1-3H3,(H,42,52)/t30-,36-/m0/s1. The van der Waals surface area contributed by atoms with Crippen molar-refractivity contribution in [3.05, 3.63) is 95.3 Å². The summed E-state index contributed by atoms with van der Waals surface area (Å²) < 4.78 is 30.4. The predicted molar refractivity (Wildman–Crippen MR) is 189 cm³/mol.